The van der Waals surface area contributed by atoms with Crippen molar-refractivity contribution in [1.82, 2.24) is 9.97 Å². The van der Waals surface area contributed by atoms with Crippen LogP contribution in [0.5, 0.6) is 5.75 Å². The average Bonchev–Trinajstić information content (AvgIpc) is 2.95. The van der Waals surface area contributed by atoms with Crippen molar-refractivity contribution in [1.29, 1.82) is 0 Å². The quantitative estimate of drug-likeness (QED) is 0.0986. The highest BCUT2D eigenvalue weighted by atomic mass is 19.1. The molecule has 0 fully saturated rings. The molecule has 3 rings (SSSR count). The molecule has 2 aromatic carbocycles. The lowest BCUT2D eigenvalue weighted by molar-refractivity contribution is -0.147. The SMILES string of the molecule is CCCCCCCCc1ccc(-c2ncc(-c3ccc(OC(=O)C(C)(F)CCCCCCC)cc3)cn2)cc1. The minimum Gasteiger partial charge on any atom is -0.424 e. The number of carbonyl (C=O) groups is 1. The third-order valence-corrected chi connectivity index (χ3v) is 7.26. The second kappa shape index (κ2) is 16.1. The van der Waals surface area contributed by atoms with Crippen LogP contribution in [0.2, 0.25) is 0 Å². The van der Waals surface area contributed by atoms with Gasteiger partial charge in [0.15, 0.2) is 5.82 Å². The Kier molecular flexibility index (Phi) is 12.6. The van der Waals surface area contributed by atoms with Crippen LogP contribution < -0.4 is 4.74 Å². The number of rotatable bonds is 17. The number of hydrogen-bond acceptors (Lipinski definition) is 4. The molecule has 0 aliphatic rings. The van der Waals surface area contributed by atoms with Gasteiger partial charge in [-0.3, -0.25) is 0 Å². The van der Waals surface area contributed by atoms with Crippen molar-refractivity contribution in [3.63, 3.8) is 0 Å². The summed E-state index contributed by atoms with van der Waals surface area (Å²) in [7, 11) is 0. The van der Waals surface area contributed by atoms with Gasteiger partial charge in [-0.25, -0.2) is 19.2 Å². The Bertz CT molecular complexity index is 1110. The summed E-state index contributed by atoms with van der Waals surface area (Å²) in [6, 6.07) is 15.6. The Morgan fingerprint density at radius 2 is 1.26 bits per heavy atom. The molecule has 5 heteroatoms. The number of ether oxygens (including phenoxy) is 1. The number of alkyl halides is 1. The number of nitrogens with zero attached hydrogens (tertiary/aromatic N) is 2. The van der Waals surface area contributed by atoms with E-state index in [1.54, 1.807) is 24.5 Å². The fraction of sp³-hybridized carbons (Fsp3) is 0.500. The standard InChI is InChI=1S/C34H45FN2O2/c1-4-6-8-10-11-13-15-27-16-18-29(19-17-27)32-36-25-30(26-37-32)28-20-22-31(23-21-28)39-33(38)34(3,35)24-14-12-9-7-5-2/h16-23,25-26H,4-15,24H2,1-3H3. The van der Waals surface area contributed by atoms with Crippen molar-refractivity contribution in [2.24, 2.45) is 0 Å². The molecule has 39 heavy (non-hydrogen) atoms. The topological polar surface area (TPSA) is 52.1 Å². The molecule has 0 bridgehead atoms. The summed E-state index contributed by atoms with van der Waals surface area (Å²) in [4.78, 5) is 21.5. The minimum atomic E-state index is -1.99. The van der Waals surface area contributed by atoms with Crippen LogP contribution in [-0.4, -0.2) is 21.6 Å². The number of aromatic nitrogens is 2. The van der Waals surface area contributed by atoms with Gasteiger partial charge in [-0.2, -0.15) is 0 Å². The van der Waals surface area contributed by atoms with Crippen LogP contribution in [0.15, 0.2) is 60.9 Å². The monoisotopic (exact) mass is 532 g/mol. The molecular weight excluding hydrogens is 487 g/mol. The van der Waals surface area contributed by atoms with Crippen LogP contribution in [-0.2, 0) is 11.2 Å². The van der Waals surface area contributed by atoms with Gasteiger partial charge in [0.1, 0.15) is 5.75 Å². The fourth-order valence-electron chi connectivity index (χ4n) is 4.65. The Balaban J connectivity index is 1.50. The zero-order chi connectivity index (χ0) is 27.9. The number of unbranched alkanes of at least 4 members (excludes halogenated alkanes) is 9. The van der Waals surface area contributed by atoms with E-state index < -0.39 is 11.6 Å². The molecule has 210 valence electrons. The zero-order valence-electron chi connectivity index (χ0n) is 24.1. The van der Waals surface area contributed by atoms with Gasteiger partial charge in [0.2, 0.25) is 5.67 Å². The smallest absolute Gasteiger partial charge is 0.348 e. The number of benzene rings is 2. The van der Waals surface area contributed by atoms with Crippen LogP contribution in [0.4, 0.5) is 4.39 Å². The molecule has 1 heterocycles. The molecule has 1 atom stereocenters. The zero-order valence-corrected chi connectivity index (χ0v) is 24.1. The molecule has 0 N–H and O–H groups in total. The van der Waals surface area contributed by atoms with Crippen molar-refractivity contribution in [2.45, 2.75) is 110 Å². The Labute approximate surface area is 234 Å². The summed E-state index contributed by atoms with van der Waals surface area (Å²) in [5.41, 5.74) is 2.12. The average molecular weight is 533 g/mol. The number of esters is 1. The summed E-state index contributed by atoms with van der Waals surface area (Å²) in [5, 5.41) is 0. The first-order chi connectivity index (χ1) is 18.9. The van der Waals surface area contributed by atoms with E-state index in [1.165, 1.54) is 51.0 Å². The van der Waals surface area contributed by atoms with Gasteiger partial charge in [0, 0.05) is 23.5 Å². The van der Waals surface area contributed by atoms with Crippen LogP contribution in [0.1, 0.15) is 103 Å². The molecular formula is C34H45FN2O2. The maximum Gasteiger partial charge on any atom is 0.348 e. The lowest BCUT2D eigenvalue weighted by Crippen LogP contribution is -2.34. The van der Waals surface area contributed by atoms with Crippen LogP contribution in [0.3, 0.4) is 0 Å². The molecule has 1 aromatic heterocycles. The first-order valence-corrected chi connectivity index (χ1v) is 14.9. The Morgan fingerprint density at radius 3 is 1.87 bits per heavy atom. The Morgan fingerprint density at radius 1 is 0.718 bits per heavy atom. The number of hydrogen-bond donors (Lipinski definition) is 0. The van der Waals surface area contributed by atoms with E-state index >= 15 is 0 Å². The molecule has 0 saturated heterocycles. The molecule has 0 aliphatic heterocycles. The van der Waals surface area contributed by atoms with Gasteiger partial charge >= 0.3 is 5.97 Å². The molecule has 0 saturated carbocycles. The fourth-order valence-corrected chi connectivity index (χ4v) is 4.65. The van der Waals surface area contributed by atoms with Crippen LogP contribution in [0, 0.1) is 0 Å². The van der Waals surface area contributed by atoms with Gasteiger partial charge in [0.05, 0.1) is 0 Å². The largest absolute Gasteiger partial charge is 0.424 e. The summed E-state index contributed by atoms with van der Waals surface area (Å²) in [6.45, 7) is 5.70. The summed E-state index contributed by atoms with van der Waals surface area (Å²) >= 11 is 0. The van der Waals surface area contributed by atoms with E-state index in [9.17, 15) is 9.18 Å². The van der Waals surface area contributed by atoms with Gasteiger partial charge < -0.3 is 4.74 Å². The second-order valence-corrected chi connectivity index (χ2v) is 10.8. The van der Waals surface area contributed by atoms with Crippen molar-refractivity contribution in [3.8, 4) is 28.3 Å². The Hall–Kier alpha value is -3.08. The molecule has 1 unspecified atom stereocenters. The van der Waals surface area contributed by atoms with E-state index in [0.717, 1.165) is 48.8 Å². The van der Waals surface area contributed by atoms with Crippen LogP contribution >= 0.6 is 0 Å². The van der Waals surface area contributed by atoms with E-state index in [0.29, 0.717) is 18.0 Å². The highest BCUT2D eigenvalue weighted by molar-refractivity contribution is 5.81. The van der Waals surface area contributed by atoms with Crippen molar-refractivity contribution < 1.29 is 13.9 Å². The van der Waals surface area contributed by atoms with E-state index in [4.69, 9.17) is 4.74 Å². The highest BCUT2D eigenvalue weighted by Crippen LogP contribution is 2.26. The third-order valence-electron chi connectivity index (χ3n) is 7.26. The van der Waals surface area contributed by atoms with E-state index in [2.05, 4.69) is 48.1 Å². The van der Waals surface area contributed by atoms with Gasteiger partial charge in [-0.15, -0.1) is 0 Å². The lowest BCUT2D eigenvalue weighted by atomic mass is 9.99. The highest BCUT2D eigenvalue weighted by Gasteiger charge is 2.34. The van der Waals surface area contributed by atoms with Gasteiger partial charge in [-0.05, 0) is 55.9 Å². The number of aryl methyl sites for hydroxylation is 1. The summed E-state index contributed by atoms with van der Waals surface area (Å²) in [5.74, 6) is 0.181. The first-order valence-electron chi connectivity index (χ1n) is 14.9. The molecule has 0 amide bonds. The normalized spacial score (nSPS) is 12.7. The number of halogens is 1. The molecule has 4 nitrogen and oxygen atoms in total. The molecule has 0 spiro atoms. The second-order valence-electron chi connectivity index (χ2n) is 10.8. The molecule has 0 radical (unpaired) electrons. The maximum absolute atomic E-state index is 14.8. The lowest BCUT2D eigenvalue weighted by Gasteiger charge is -2.18. The van der Waals surface area contributed by atoms with Crippen LogP contribution in [0.25, 0.3) is 22.5 Å². The maximum atomic E-state index is 14.8. The summed E-state index contributed by atoms with van der Waals surface area (Å²) in [6.07, 6.45) is 17.7. The van der Waals surface area contributed by atoms with Gasteiger partial charge in [0.25, 0.3) is 0 Å². The van der Waals surface area contributed by atoms with Gasteiger partial charge in [-0.1, -0.05) is 108 Å². The first kappa shape index (κ1) is 30.5. The van der Waals surface area contributed by atoms with E-state index in [1.807, 2.05) is 12.1 Å². The third kappa shape index (κ3) is 10.2. The minimum absolute atomic E-state index is 0.180. The van der Waals surface area contributed by atoms with Crippen molar-refractivity contribution in [3.05, 3.63) is 66.5 Å². The van der Waals surface area contributed by atoms with E-state index in [-0.39, 0.29) is 6.42 Å². The molecule has 3 aromatic rings. The van der Waals surface area contributed by atoms with Crippen molar-refractivity contribution >= 4 is 5.97 Å². The number of carbonyl (C=O) groups excluding carboxylic acids is 1. The molecule has 0 aliphatic carbocycles. The summed E-state index contributed by atoms with van der Waals surface area (Å²) < 4.78 is 20.2. The predicted molar refractivity (Wildman–Crippen MR) is 159 cm³/mol. The predicted octanol–water partition coefficient (Wildman–Crippen LogP) is 9.71. The van der Waals surface area contributed by atoms with Crippen molar-refractivity contribution in [2.75, 3.05) is 0 Å².